The predicted molar refractivity (Wildman–Crippen MR) is 213 cm³/mol. The average molecular weight is 719 g/mol. The number of hydrogen-bond donors (Lipinski definition) is 2. The average Bonchev–Trinajstić information content (AvgIpc) is 3.53. The van der Waals surface area contributed by atoms with Crippen LogP contribution in [0.4, 0.5) is 0 Å². The zero-order valence-corrected chi connectivity index (χ0v) is 32.4. The second kappa shape index (κ2) is 15.1. The maximum atomic E-state index is 12.7. The van der Waals surface area contributed by atoms with Gasteiger partial charge in [0, 0.05) is 17.9 Å². The Bertz CT molecular complexity index is 2090. The third kappa shape index (κ3) is 9.28. The van der Waals surface area contributed by atoms with Gasteiger partial charge in [0.2, 0.25) is 0 Å². The molecule has 274 valence electrons. The Labute approximate surface area is 310 Å². The first-order chi connectivity index (χ1) is 24.5. The molecular formula is C45H54N2O4S. The molecule has 1 unspecified atom stereocenters. The molecule has 1 aliphatic rings. The van der Waals surface area contributed by atoms with E-state index in [1.807, 2.05) is 24.3 Å². The summed E-state index contributed by atoms with van der Waals surface area (Å²) in [4.78, 5) is 21.6. The van der Waals surface area contributed by atoms with Crippen LogP contribution in [0, 0.1) is 11.3 Å². The highest BCUT2D eigenvalue weighted by Gasteiger charge is 2.30. The monoisotopic (exact) mass is 718 g/mol. The summed E-state index contributed by atoms with van der Waals surface area (Å²) in [6.07, 6.45) is 5.82. The fourth-order valence-corrected chi connectivity index (χ4v) is 8.33. The summed E-state index contributed by atoms with van der Waals surface area (Å²) in [5, 5.41) is 0. The summed E-state index contributed by atoms with van der Waals surface area (Å²) in [6, 6.07) is 32.0. The molecule has 0 spiro atoms. The van der Waals surface area contributed by atoms with Gasteiger partial charge >= 0.3 is 0 Å². The molecule has 0 aliphatic heterocycles. The molecule has 2 N–H and O–H groups in total. The number of hydrogen-bond acceptors (Lipinski definition) is 4. The van der Waals surface area contributed by atoms with E-state index in [4.69, 9.17) is 9.54 Å². The second-order valence-corrected chi connectivity index (χ2v) is 18.6. The zero-order chi connectivity index (χ0) is 37.3. The Kier molecular flexibility index (Phi) is 11.0. The number of aromatic amines is 1. The smallest absolute Gasteiger partial charge is 0.264 e. The summed E-state index contributed by atoms with van der Waals surface area (Å²) >= 11 is 0. The molecule has 0 radical (unpaired) electrons. The van der Waals surface area contributed by atoms with Crippen molar-refractivity contribution < 1.29 is 17.8 Å². The van der Waals surface area contributed by atoms with Crippen molar-refractivity contribution >= 4 is 26.9 Å². The van der Waals surface area contributed by atoms with Crippen molar-refractivity contribution in [1.82, 2.24) is 9.97 Å². The molecule has 6 rings (SSSR count). The van der Waals surface area contributed by atoms with Crippen LogP contribution in [-0.2, 0) is 22.0 Å². The lowest BCUT2D eigenvalue weighted by Crippen LogP contribution is -2.25. The van der Waals surface area contributed by atoms with Crippen LogP contribution in [0.25, 0.3) is 22.2 Å². The van der Waals surface area contributed by atoms with Crippen LogP contribution < -0.4 is 0 Å². The molecule has 1 heterocycles. The molecule has 5 aromatic rings. The number of imidazole rings is 1. The van der Waals surface area contributed by atoms with E-state index in [0.717, 1.165) is 39.5 Å². The van der Waals surface area contributed by atoms with Gasteiger partial charge in [0.15, 0.2) is 5.78 Å². The number of H-pyrrole nitrogens is 1. The van der Waals surface area contributed by atoms with Crippen LogP contribution in [0.2, 0.25) is 0 Å². The molecule has 0 saturated heterocycles. The standard InChI is InChI=1S/C45H54N2O4S/c1-44(2,3)37-22-17-32(18-23-37)31-13-15-34(16-14-31)39(28-30-9-11-35(12-10-30)42(48)8-7-27-52(49,50)51)43-46-40-26-21-36(29-41(40)47-43)33-19-24-38(25-20-33)45(4,5)6/h9-18,21-23,26,29,33,38-39H,7-8,19-20,24-25,27-28H2,1-6H3,(H,46,47)(H,49,50,51). The van der Waals surface area contributed by atoms with Gasteiger partial charge in [-0.3, -0.25) is 9.35 Å². The molecule has 1 atom stereocenters. The number of nitrogens with zero attached hydrogens (tertiary/aromatic N) is 1. The lowest BCUT2D eigenvalue weighted by molar-refractivity contribution is 0.0982. The van der Waals surface area contributed by atoms with E-state index in [1.165, 1.54) is 42.4 Å². The highest BCUT2D eigenvalue weighted by Crippen LogP contribution is 2.43. The molecule has 0 bridgehead atoms. The fraction of sp³-hybridized carbons (Fsp3) is 0.422. The molecule has 4 aromatic carbocycles. The highest BCUT2D eigenvalue weighted by molar-refractivity contribution is 7.85. The number of ketones is 1. The van der Waals surface area contributed by atoms with Crippen molar-refractivity contribution in [2.24, 2.45) is 11.3 Å². The number of Topliss-reactive ketones (excluding diaryl/α,β-unsaturated/α-hetero) is 1. The third-order valence-electron chi connectivity index (χ3n) is 11.2. The van der Waals surface area contributed by atoms with Crippen LogP contribution >= 0.6 is 0 Å². The van der Waals surface area contributed by atoms with Gasteiger partial charge in [0.1, 0.15) is 5.82 Å². The van der Waals surface area contributed by atoms with Crippen molar-refractivity contribution in [3.8, 4) is 11.1 Å². The summed E-state index contributed by atoms with van der Waals surface area (Å²) in [6.45, 7) is 13.8. The minimum Gasteiger partial charge on any atom is -0.341 e. The zero-order valence-electron chi connectivity index (χ0n) is 31.6. The van der Waals surface area contributed by atoms with Crippen molar-refractivity contribution in [1.29, 1.82) is 0 Å². The summed E-state index contributed by atoms with van der Waals surface area (Å²) in [5.41, 5.74) is 10.3. The Balaban J connectivity index is 1.26. The Morgan fingerprint density at radius 2 is 1.44 bits per heavy atom. The topological polar surface area (TPSA) is 100 Å². The van der Waals surface area contributed by atoms with E-state index in [2.05, 4.69) is 113 Å². The lowest BCUT2D eigenvalue weighted by Gasteiger charge is -2.37. The van der Waals surface area contributed by atoms with E-state index in [0.29, 0.717) is 23.3 Å². The van der Waals surface area contributed by atoms with Gasteiger partial charge in [-0.2, -0.15) is 8.42 Å². The minimum absolute atomic E-state index is 0.0493. The first kappa shape index (κ1) is 37.7. The van der Waals surface area contributed by atoms with Crippen molar-refractivity contribution in [2.45, 2.75) is 104 Å². The Hall–Kier alpha value is -4.07. The molecule has 1 aliphatic carbocycles. The second-order valence-electron chi connectivity index (χ2n) is 17.0. The van der Waals surface area contributed by atoms with Gasteiger partial charge in [-0.05, 0) is 107 Å². The maximum Gasteiger partial charge on any atom is 0.264 e. The predicted octanol–water partition coefficient (Wildman–Crippen LogP) is 11.1. The summed E-state index contributed by atoms with van der Waals surface area (Å²) in [7, 11) is -4.09. The van der Waals surface area contributed by atoms with E-state index in [9.17, 15) is 13.2 Å². The van der Waals surface area contributed by atoms with Crippen LogP contribution in [0.3, 0.4) is 0 Å². The van der Waals surface area contributed by atoms with Gasteiger partial charge in [-0.15, -0.1) is 0 Å². The fourth-order valence-electron chi connectivity index (χ4n) is 7.82. The van der Waals surface area contributed by atoms with Crippen molar-refractivity contribution in [3.05, 3.63) is 125 Å². The molecule has 7 heteroatoms. The number of carbonyl (C=O) groups excluding carboxylic acids is 1. The number of carbonyl (C=O) groups is 1. The van der Waals surface area contributed by atoms with E-state index in [1.54, 1.807) is 0 Å². The van der Waals surface area contributed by atoms with Gasteiger partial charge in [0.25, 0.3) is 10.1 Å². The van der Waals surface area contributed by atoms with Gasteiger partial charge in [0.05, 0.1) is 16.8 Å². The van der Waals surface area contributed by atoms with Crippen LogP contribution in [-0.4, -0.2) is 34.5 Å². The van der Waals surface area contributed by atoms with Gasteiger partial charge < -0.3 is 4.98 Å². The lowest BCUT2D eigenvalue weighted by atomic mass is 9.69. The van der Waals surface area contributed by atoms with Crippen LogP contribution in [0.15, 0.2) is 91.0 Å². The molecule has 0 amide bonds. The Morgan fingerprint density at radius 1 is 0.827 bits per heavy atom. The normalized spacial score (nSPS) is 17.7. The molecule has 1 aromatic heterocycles. The number of nitrogens with one attached hydrogen (secondary N) is 1. The van der Waals surface area contributed by atoms with Gasteiger partial charge in [-0.25, -0.2) is 4.98 Å². The van der Waals surface area contributed by atoms with Crippen LogP contribution in [0.1, 0.15) is 130 Å². The quantitative estimate of drug-likeness (QED) is 0.105. The van der Waals surface area contributed by atoms with Gasteiger partial charge in [-0.1, -0.05) is 120 Å². The maximum absolute atomic E-state index is 12.7. The number of aromatic nitrogens is 2. The molecular weight excluding hydrogens is 665 g/mol. The summed E-state index contributed by atoms with van der Waals surface area (Å²) in [5.74, 6) is 1.65. The number of benzene rings is 4. The number of rotatable bonds is 11. The molecule has 1 fully saturated rings. The third-order valence-corrected chi connectivity index (χ3v) is 12.0. The van der Waals surface area contributed by atoms with E-state index in [-0.39, 0.29) is 30.0 Å². The molecule has 6 nitrogen and oxygen atoms in total. The van der Waals surface area contributed by atoms with E-state index < -0.39 is 15.9 Å². The highest BCUT2D eigenvalue weighted by atomic mass is 32.2. The first-order valence-electron chi connectivity index (χ1n) is 18.8. The first-order valence-corrected chi connectivity index (χ1v) is 20.4. The van der Waals surface area contributed by atoms with Crippen LogP contribution in [0.5, 0.6) is 0 Å². The number of fused-ring (bicyclic) bond motifs is 1. The van der Waals surface area contributed by atoms with E-state index >= 15 is 0 Å². The largest absolute Gasteiger partial charge is 0.341 e. The SMILES string of the molecule is CC(C)(C)c1ccc(-c2ccc(C(Cc3ccc(C(=O)CCCS(=O)(=O)O)cc3)c3nc4ccc(C5CCC(C(C)(C)C)CC5)cc4[nH]3)cc2)cc1. The van der Waals surface area contributed by atoms with Crippen molar-refractivity contribution in [3.63, 3.8) is 0 Å². The molecule has 1 saturated carbocycles. The minimum atomic E-state index is -4.09. The Morgan fingerprint density at radius 3 is 2.02 bits per heavy atom. The molecule has 52 heavy (non-hydrogen) atoms. The van der Waals surface area contributed by atoms with Crippen molar-refractivity contribution in [2.75, 3.05) is 5.75 Å². The summed E-state index contributed by atoms with van der Waals surface area (Å²) < 4.78 is 31.2.